The first-order chi connectivity index (χ1) is 9.86. The van der Waals surface area contributed by atoms with E-state index in [-0.39, 0.29) is 18.2 Å². The molecule has 0 aromatic heterocycles. The Labute approximate surface area is 118 Å². The highest BCUT2D eigenvalue weighted by Gasteiger charge is 2.28. The van der Waals surface area contributed by atoms with Crippen LogP contribution in [0.2, 0.25) is 0 Å². The Hall–Kier alpha value is -2.25. The van der Waals surface area contributed by atoms with Crippen molar-refractivity contribution in [1.29, 1.82) is 0 Å². The zero-order chi connectivity index (χ0) is 15.6. The quantitative estimate of drug-likeness (QED) is 0.821. The van der Waals surface area contributed by atoms with Crippen LogP contribution in [0.1, 0.15) is 12.8 Å². The van der Waals surface area contributed by atoms with Crippen LogP contribution in [0.15, 0.2) is 12.1 Å². The molecule has 2 rings (SSSR count). The first kappa shape index (κ1) is 15.1. The van der Waals surface area contributed by atoms with Crippen molar-refractivity contribution in [3.8, 4) is 0 Å². The molecule has 1 aliphatic rings. The van der Waals surface area contributed by atoms with Crippen molar-refractivity contribution in [1.82, 2.24) is 4.90 Å². The molecule has 1 aromatic carbocycles. The summed E-state index contributed by atoms with van der Waals surface area (Å²) in [6.07, 6.45) is 1.81. The van der Waals surface area contributed by atoms with Crippen LogP contribution in [0.5, 0.6) is 0 Å². The second-order valence-electron chi connectivity index (χ2n) is 4.90. The van der Waals surface area contributed by atoms with E-state index >= 15 is 0 Å². The van der Waals surface area contributed by atoms with Gasteiger partial charge in [0.15, 0.2) is 17.5 Å². The van der Waals surface area contributed by atoms with Crippen molar-refractivity contribution in [3.63, 3.8) is 0 Å². The smallest absolute Gasteiger partial charge is 0.323 e. The van der Waals surface area contributed by atoms with Crippen LogP contribution in [0.3, 0.4) is 0 Å². The van der Waals surface area contributed by atoms with Gasteiger partial charge in [0.2, 0.25) is 0 Å². The molecule has 2 amide bonds. The van der Waals surface area contributed by atoms with Crippen LogP contribution in [0, 0.1) is 23.4 Å². The lowest BCUT2D eigenvalue weighted by atomic mass is 10.3. The molecule has 0 heterocycles. The van der Waals surface area contributed by atoms with E-state index < -0.39 is 36.0 Å². The van der Waals surface area contributed by atoms with Crippen molar-refractivity contribution < 1.29 is 27.9 Å². The Morgan fingerprint density at radius 3 is 2.29 bits per heavy atom. The average molecular weight is 302 g/mol. The number of hydrogen-bond acceptors (Lipinski definition) is 2. The van der Waals surface area contributed by atoms with Gasteiger partial charge >= 0.3 is 12.0 Å². The van der Waals surface area contributed by atoms with E-state index in [2.05, 4.69) is 5.32 Å². The Balaban J connectivity index is 2.08. The minimum Gasteiger partial charge on any atom is -0.480 e. The molecule has 0 saturated heterocycles. The van der Waals surface area contributed by atoms with Gasteiger partial charge in [-0.3, -0.25) is 4.79 Å². The summed E-state index contributed by atoms with van der Waals surface area (Å²) in [5.41, 5.74) is -0.275. The molecule has 21 heavy (non-hydrogen) atoms. The zero-order valence-electron chi connectivity index (χ0n) is 10.9. The number of carbonyl (C=O) groups is 2. The topological polar surface area (TPSA) is 69.6 Å². The van der Waals surface area contributed by atoms with Gasteiger partial charge in [-0.05, 0) is 18.8 Å². The molecular formula is C13H13F3N2O3. The van der Waals surface area contributed by atoms with Gasteiger partial charge in [0.25, 0.3) is 0 Å². The van der Waals surface area contributed by atoms with Gasteiger partial charge < -0.3 is 15.3 Å². The fourth-order valence-corrected chi connectivity index (χ4v) is 1.82. The number of nitrogens with zero attached hydrogens (tertiary/aromatic N) is 1. The Morgan fingerprint density at radius 2 is 1.81 bits per heavy atom. The summed E-state index contributed by atoms with van der Waals surface area (Å²) in [5.74, 6) is -5.44. The zero-order valence-corrected chi connectivity index (χ0v) is 10.9. The molecule has 0 spiro atoms. The van der Waals surface area contributed by atoms with Crippen molar-refractivity contribution in [2.45, 2.75) is 12.8 Å². The van der Waals surface area contributed by atoms with Crippen molar-refractivity contribution in [2.24, 2.45) is 5.92 Å². The van der Waals surface area contributed by atoms with Gasteiger partial charge in [0.05, 0.1) is 0 Å². The summed E-state index contributed by atoms with van der Waals surface area (Å²) in [6.45, 7) is -0.265. The minimum atomic E-state index is -1.63. The molecule has 114 valence electrons. The first-order valence-corrected chi connectivity index (χ1v) is 6.29. The molecule has 8 heteroatoms. The largest absolute Gasteiger partial charge is 0.480 e. The number of anilines is 1. The van der Waals surface area contributed by atoms with Crippen LogP contribution >= 0.6 is 0 Å². The van der Waals surface area contributed by atoms with E-state index in [1.165, 1.54) is 0 Å². The lowest BCUT2D eigenvalue weighted by molar-refractivity contribution is -0.137. The summed E-state index contributed by atoms with van der Waals surface area (Å²) in [6, 6.07) is 0.466. The molecule has 5 nitrogen and oxygen atoms in total. The van der Waals surface area contributed by atoms with Crippen LogP contribution in [-0.2, 0) is 4.79 Å². The third-order valence-corrected chi connectivity index (χ3v) is 3.02. The number of rotatable bonds is 5. The number of aliphatic carboxylic acids is 1. The van der Waals surface area contributed by atoms with Crippen molar-refractivity contribution in [2.75, 3.05) is 18.4 Å². The summed E-state index contributed by atoms with van der Waals surface area (Å²) < 4.78 is 38.9. The lowest BCUT2D eigenvalue weighted by Gasteiger charge is -2.21. The highest BCUT2D eigenvalue weighted by molar-refractivity contribution is 5.91. The van der Waals surface area contributed by atoms with Crippen LogP contribution in [0.25, 0.3) is 0 Å². The van der Waals surface area contributed by atoms with E-state index in [0.29, 0.717) is 12.1 Å². The SMILES string of the molecule is O=C(O)CN(CC1CC1)C(=O)Nc1cc(F)c(F)c(F)c1. The standard InChI is InChI=1S/C13H13F3N2O3/c14-9-3-8(4-10(15)12(9)16)17-13(21)18(6-11(19)20)5-7-1-2-7/h3-4,7H,1-2,5-6H2,(H,17,21)(H,19,20). The van der Waals surface area contributed by atoms with Gasteiger partial charge in [-0.1, -0.05) is 0 Å². The van der Waals surface area contributed by atoms with E-state index in [1.54, 1.807) is 0 Å². The third-order valence-electron chi connectivity index (χ3n) is 3.02. The molecule has 0 atom stereocenters. The van der Waals surface area contributed by atoms with E-state index in [9.17, 15) is 22.8 Å². The fraction of sp³-hybridized carbons (Fsp3) is 0.385. The number of benzene rings is 1. The predicted octanol–water partition coefficient (Wildman–Crippen LogP) is 2.43. The molecule has 1 aromatic rings. The maximum atomic E-state index is 13.0. The summed E-state index contributed by atoms with van der Waals surface area (Å²) in [4.78, 5) is 23.7. The number of urea groups is 1. The molecule has 2 N–H and O–H groups in total. The fourth-order valence-electron chi connectivity index (χ4n) is 1.82. The molecule has 0 unspecified atom stereocenters. The molecule has 1 aliphatic carbocycles. The molecule has 1 saturated carbocycles. The van der Waals surface area contributed by atoms with E-state index in [1.807, 2.05) is 0 Å². The number of amides is 2. The minimum absolute atomic E-state index is 0.247. The average Bonchev–Trinajstić information content (AvgIpc) is 3.18. The maximum Gasteiger partial charge on any atom is 0.323 e. The van der Waals surface area contributed by atoms with Crippen LogP contribution in [-0.4, -0.2) is 35.1 Å². The molecule has 0 radical (unpaired) electrons. The highest BCUT2D eigenvalue weighted by atomic mass is 19.2. The third kappa shape index (κ3) is 4.11. The monoisotopic (exact) mass is 302 g/mol. The Kier molecular flexibility index (Phi) is 4.35. The Bertz CT molecular complexity index is 553. The Morgan fingerprint density at radius 1 is 1.24 bits per heavy atom. The highest BCUT2D eigenvalue weighted by Crippen LogP contribution is 2.30. The first-order valence-electron chi connectivity index (χ1n) is 6.29. The number of hydrogen-bond donors (Lipinski definition) is 2. The van der Waals surface area contributed by atoms with Gasteiger partial charge in [-0.2, -0.15) is 0 Å². The number of carboxylic acids is 1. The second kappa shape index (κ2) is 6.02. The summed E-state index contributed by atoms with van der Waals surface area (Å²) in [7, 11) is 0. The van der Waals surface area contributed by atoms with Crippen LogP contribution < -0.4 is 5.32 Å². The maximum absolute atomic E-state index is 13.0. The predicted molar refractivity (Wildman–Crippen MR) is 67.3 cm³/mol. The normalized spacial score (nSPS) is 13.9. The van der Waals surface area contributed by atoms with E-state index in [4.69, 9.17) is 5.11 Å². The van der Waals surface area contributed by atoms with Gasteiger partial charge in [0, 0.05) is 24.4 Å². The number of halogens is 3. The molecule has 1 fully saturated rings. The van der Waals surface area contributed by atoms with Crippen molar-refractivity contribution in [3.05, 3.63) is 29.6 Å². The van der Waals surface area contributed by atoms with Gasteiger partial charge in [-0.15, -0.1) is 0 Å². The van der Waals surface area contributed by atoms with Crippen LogP contribution in [0.4, 0.5) is 23.7 Å². The number of carbonyl (C=O) groups excluding carboxylic acids is 1. The van der Waals surface area contributed by atoms with Gasteiger partial charge in [-0.25, -0.2) is 18.0 Å². The summed E-state index contributed by atoms with van der Waals surface area (Å²) >= 11 is 0. The number of carboxylic acid groups (broad SMARTS) is 1. The lowest BCUT2D eigenvalue weighted by Crippen LogP contribution is -2.40. The molecule has 0 bridgehead atoms. The molecular weight excluding hydrogens is 289 g/mol. The summed E-state index contributed by atoms with van der Waals surface area (Å²) in [5, 5.41) is 10.9. The van der Waals surface area contributed by atoms with Crippen molar-refractivity contribution >= 4 is 17.7 Å². The van der Waals surface area contributed by atoms with Gasteiger partial charge in [0.1, 0.15) is 6.54 Å². The van der Waals surface area contributed by atoms with E-state index in [0.717, 1.165) is 17.7 Å². The second-order valence-corrected chi connectivity index (χ2v) is 4.90. The molecule has 0 aliphatic heterocycles. The number of nitrogens with one attached hydrogen (secondary N) is 1.